The zero-order chi connectivity index (χ0) is 20.1. The summed E-state index contributed by atoms with van der Waals surface area (Å²) in [4.78, 5) is 23.5. The van der Waals surface area contributed by atoms with Crippen molar-refractivity contribution in [1.29, 1.82) is 0 Å². The van der Waals surface area contributed by atoms with E-state index in [1.54, 1.807) is 24.3 Å². The highest BCUT2D eigenvalue weighted by molar-refractivity contribution is 5.87. The number of methoxy groups -OCH3 is 2. The zero-order valence-corrected chi connectivity index (χ0v) is 16.8. The van der Waals surface area contributed by atoms with E-state index < -0.39 is 5.97 Å². The number of hydrogen-bond acceptors (Lipinski definition) is 5. The summed E-state index contributed by atoms with van der Waals surface area (Å²) >= 11 is 0. The molecule has 1 amide bonds. The van der Waals surface area contributed by atoms with Gasteiger partial charge in [-0.25, -0.2) is 4.79 Å². The van der Waals surface area contributed by atoms with Crippen molar-refractivity contribution in [2.45, 2.75) is 38.6 Å². The van der Waals surface area contributed by atoms with Gasteiger partial charge in [0.1, 0.15) is 0 Å². The number of fused-ring (bicyclic) bond motifs is 2. The summed E-state index contributed by atoms with van der Waals surface area (Å²) in [6.45, 7) is 2.05. The molecule has 1 aromatic carbocycles. The largest absolute Gasteiger partial charge is 0.493 e. The molecule has 2 fully saturated rings. The summed E-state index contributed by atoms with van der Waals surface area (Å²) in [6, 6.07) is 5.43. The molecule has 0 radical (unpaired) electrons. The Hall–Kier alpha value is -2.50. The first kappa shape index (κ1) is 20.2. The lowest BCUT2D eigenvalue weighted by Crippen LogP contribution is -2.42. The van der Waals surface area contributed by atoms with Gasteiger partial charge in [-0.05, 0) is 67.7 Å². The van der Waals surface area contributed by atoms with Crippen LogP contribution >= 0.6 is 0 Å². The first-order valence-corrected chi connectivity index (χ1v) is 9.86. The van der Waals surface area contributed by atoms with Gasteiger partial charge in [0.05, 0.1) is 14.2 Å². The van der Waals surface area contributed by atoms with Crippen LogP contribution in [0.1, 0.15) is 38.2 Å². The molecule has 0 heterocycles. The molecule has 3 rings (SSSR count). The van der Waals surface area contributed by atoms with Crippen molar-refractivity contribution in [1.82, 2.24) is 5.32 Å². The van der Waals surface area contributed by atoms with E-state index in [2.05, 4.69) is 17.0 Å². The van der Waals surface area contributed by atoms with Crippen LogP contribution in [0.2, 0.25) is 0 Å². The molecule has 1 aromatic rings. The molecule has 0 spiro atoms. The van der Waals surface area contributed by atoms with E-state index in [-0.39, 0.29) is 18.6 Å². The molecule has 2 aliphatic rings. The fourth-order valence-corrected chi connectivity index (χ4v) is 4.59. The summed E-state index contributed by atoms with van der Waals surface area (Å²) in [5.41, 5.74) is 0.768. The zero-order valence-electron chi connectivity index (χ0n) is 16.8. The first-order valence-electron chi connectivity index (χ1n) is 9.86. The predicted molar refractivity (Wildman–Crippen MR) is 106 cm³/mol. The van der Waals surface area contributed by atoms with Gasteiger partial charge in [0, 0.05) is 12.1 Å². The van der Waals surface area contributed by atoms with Gasteiger partial charge >= 0.3 is 5.97 Å². The van der Waals surface area contributed by atoms with E-state index in [9.17, 15) is 9.59 Å². The summed E-state index contributed by atoms with van der Waals surface area (Å²) in [6.07, 6.45) is 8.19. The third kappa shape index (κ3) is 4.86. The van der Waals surface area contributed by atoms with Gasteiger partial charge in [-0.1, -0.05) is 12.5 Å². The molecule has 0 saturated heterocycles. The average molecular weight is 387 g/mol. The minimum absolute atomic E-state index is 0.0567. The second kappa shape index (κ2) is 9.13. The SMILES string of the molecule is COC(=O)/C=C/c1ccc(OCC(=O)NC(C)C2CC3CCC2C3)c(OC)c1. The van der Waals surface area contributed by atoms with Crippen molar-refractivity contribution >= 4 is 18.0 Å². The summed E-state index contributed by atoms with van der Waals surface area (Å²) in [5, 5.41) is 3.10. The minimum atomic E-state index is -0.430. The van der Waals surface area contributed by atoms with E-state index in [1.165, 1.54) is 46.0 Å². The fourth-order valence-electron chi connectivity index (χ4n) is 4.59. The lowest BCUT2D eigenvalue weighted by molar-refractivity contribution is -0.134. The van der Waals surface area contributed by atoms with Crippen LogP contribution < -0.4 is 14.8 Å². The normalized spacial score (nSPS) is 24.2. The maximum absolute atomic E-state index is 12.3. The van der Waals surface area contributed by atoms with Gasteiger partial charge in [0.25, 0.3) is 5.91 Å². The van der Waals surface area contributed by atoms with Crippen LogP contribution in [-0.4, -0.2) is 38.7 Å². The Morgan fingerprint density at radius 2 is 2.04 bits per heavy atom. The third-order valence-electron chi connectivity index (χ3n) is 5.98. The predicted octanol–water partition coefficient (Wildman–Crippen LogP) is 3.20. The molecule has 6 heteroatoms. The number of benzene rings is 1. The monoisotopic (exact) mass is 387 g/mol. The van der Waals surface area contributed by atoms with Crippen molar-refractivity contribution in [3.63, 3.8) is 0 Å². The number of esters is 1. The van der Waals surface area contributed by atoms with Crippen LogP contribution in [-0.2, 0) is 14.3 Å². The molecule has 28 heavy (non-hydrogen) atoms. The summed E-state index contributed by atoms with van der Waals surface area (Å²) in [5.74, 6) is 2.67. The highest BCUT2D eigenvalue weighted by Gasteiger charge is 2.42. The molecule has 4 atom stereocenters. The number of rotatable bonds is 8. The number of ether oxygens (including phenoxy) is 3. The van der Waals surface area contributed by atoms with Gasteiger partial charge in [-0.15, -0.1) is 0 Å². The molecule has 4 unspecified atom stereocenters. The molecule has 6 nitrogen and oxygen atoms in total. The van der Waals surface area contributed by atoms with Crippen LogP contribution in [0.15, 0.2) is 24.3 Å². The molecular formula is C22H29NO5. The number of nitrogens with one attached hydrogen (secondary N) is 1. The maximum atomic E-state index is 12.3. The number of amides is 1. The van der Waals surface area contributed by atoms with Gasteiger partial charge in [0.2, 0.25) is 0 Å². The van der Waals surface area contributed by atoms with Gasteiger partial charge in [0.15, 0.2) is 18.1 Å². The molecule has 0 aliphatic heterocycles. The molecule has 2 saturated carbocycles. The topological polar surface area (TPSA) is 73.9 Å². The Balaban J connectivity index is 1.52. The Morgan fingerprint density at radius 1 is 1.21 bits per heavy atom. The highest BCUT2D eigenvalue weighted by Crippen LogP contribution is 2.49. The van der Waals surface area contributed by atoms with Crippen molar-refractivity contribution in [2.75, 3.05) is 20.8 Å². The van der Waals surface area contributed by atoms with E-state index in [4.69, 9.17) is 9.47 Å². The number of carbonyl (C=O) groups is 2. The van der Waals surface area contributed by atoms with E-state index in [1.807, 2.05) is 0 Å². The fraction of sp³-hybridized carbons (Fsp3) is 0.545. The lowest BCUT2D eigenvalue weighted by atomic mass is 9.84. The molecule has 152 valence electrons. The Kier molecular flexibility index (Phi) is 6.60. The minimum Gasteiger partial charge on any atom is -0.493 e. The van der Waals surface area contributed by atoms with E-state index in [0.717, 1.165) is 17.4 Å². The molecule has 2 aliphatic carbocycles. The van der Waals surface area contributed by atoms with E-state index >= 15 is 0 Å². The smallest absolute Gasteiger partial charge is 0.330 e. The van der Waals surface area contributed by atoms with Gasteiger partial charge in [-0.2, -0.15) is 0 Å². The van der Waals surface area contributed by atoms with Crippen molar-refractivity contribution < 1.29 is 23.8 Å². The maximum Gasteiger partial charge on any atom is 0.330 e. The van der Waals surface area contributed by atoms with Crippen LogP contribution in [0, 0.1) is 17.8 Å². The Labute approximate surface area is 166 Å². The van der Waals surface area contributed by atoms with Crippen molar-refractivity contribution in [2.24, 2.45) is 17.8 Å². The van der Waals surface area contributed by atoms with Crippen molar-refractivity contribution in [3.8, 4) is 11.5 Å². The molecule has 1 N–H and O–H groups in total. The number of hydrogen-bond donors (Lipinski definition) is 1. The molecular weight excluding hydrogens is 358 g/mol. The second-order valence-corrected chi connectivity index (χ2v) is 7.75. The van der Waals surface area contributed by atoms with Gasteiger partial charge < -0.3 is 19.5 Å². The van der Waals surface area contributed by atoms with Crippen LogP contribution in [0.3, 0.4) is 0 Å². The number of carbonyl (C=O) groups excluding carboxylic acids is 2. The van der Waals surface area contributed by atoms with Gasteiger partial charge in [-0.3, -0.25) is 4.79 Å². The first-order chi connectivity index (χ1) is 13.5. The van der Waals surface area contributed by atoms with Crippen LogP contribution in [0.4, 0.5) is 0 Å². The Bertz CT molecular complexity index is 744. The summed E-state index contributed by atoms with van der Waals surface area (Å²) < 4.78 is 15.6. The van der Waals surface area contributed by atoms with E-state index in [0.29, 0.717) is 17.4 Å². The van der Waals surface area contributed by atoms with Crippen LogP contribution in [0.25, 0.3) is 6.08 Å². The second-order valence-electron chi connectivity index (χ2n) is 7.75. The quantitative estimate of drug-likeness (QED) is 0.548. The molecule has 2 bridgehead atoms. The lowest BCUT2D eigenvalue weighted by Gasteiger charge is -2.28. The summed E-state index contributed by atoms with van der Waals surface area (Å²) in [7, 11) is 2.86. The van der Waals surface area contributed by atoms with Crippen molar-refractivity contribution in [3.05, 3.63) is 29.8 Å². The highest BCUT2D eigenvalue weighted by atomic mass is 16.5. The standard InChI is InChI=1S/C22H29NO5/c1-14(18-11-16-4-7-17(18)10-16)23-21(24)13-28-19-8-5-15(12-20(19)26-2)6-9-22(25)27-3/h5-6,8-9,12,14,16-18H,4,7,10-11,13H2,1-3H3,(H,23,24)/b9-6+. The van der Waals surface area contributed by atoms with Crippen LogP contribution in [0.5, 0.6) is 11.5 Å². The average Bonchev–Trinajstić information content (AvgIpc) is 3.34. The molecule has 0 aromatic heterocycles. The Morgan fingerprint density at radius 3 is 2.68 bits per heavy atom. The third-order valence-corrected chi connectivity index (χ3v) is 5.98.